The molecular weight excluding hydrogens is 356 g/mol. The lowest BCUT2D eigenvalue weighted by Crippen LogP contribution is -2.54. The van der Waals surface area contributed by atoms with E-state index in [1.165, 1.54) is 0 Å². The number of Topliss-reactive ketones (excluding diaryl/α,β-unsaturated/α-hetero) is 2. The monoisotopic (exact) mass is 374 g/mol. The molecule has 1 aliphatic heterocycles. The van der Waals surface area contributed by atoms with E-state index in [1.807, 2.05) is 19.1 Å². The number of thioether (sulfide) groups is 1. The zero-order valence-electron chi connectivity index (χ0n) is 14.4. The van der Waals surface area contributed by atoms with Crippen molar-refractivity contribution in [3.8, 4) is 0 Å². The molecule has 0 aromatic heterocycles. The summed E-state index contributed by atoms with van der Waals surface area (Å²) in [6.45, 7) is 3.60. The molecule has 0 radical (unpaired) electrons. The highest BCUT2D eigenvalue weighted by atomic mass is 32.2. The lowest BCUT2D eigenvalue weighted by Gasteiger charge is -2.30. The van der Waals surface area contributed by atoms with Crippen LogP contribution in [0.1, 0.15) is 25.3 Å². The fourth-order valence-corrected chi connectivity index (χ4v) is 4.15. The summed E-state index contributed by atoms with van der Waals surface area (Å²) in [4.78, 5) is 53.9. The van der Waals surface area contributed by atoms with Gasteiger partial charge in [0, 0.05) is 6.42 Å². The van der Waals surface area contributed by atoms with Gasteiger partial charge in [0.1, 0.15) is 0 Å². The van der Waals surface area contributed by atoms with Gasteiger partial charge in [-0.2, -0.15) is 0 Å². The molecule has 2 fully saturated rings. The van der Waals surface area contributed by atoms with Gasteiger partial charge in [-0.25, -0.2) is 4.99 Å². The van der Waals surface area contributed by atoms with Crippen LogP contribution in [0.3, 0.4) is 0 Å². The van der Waals surface area contributed by atoms with E-state index in [-0.39, 0.29) is 24.6 Å². The van der Waals surface area contributed by atoms with Crippen LogP contribution in [-0.2, 0) is 23.9 Å². The number of amides is 1. The Morgan fingerprint density at radius 1 is 1.31 bits per heavy atom. The Bertz CT molecular complexity index is 817. The molecule has 2 atom stereocenters. The number of benzene rings is 1. The highest BCUT2D eigenvalue weighted by molar-refractivity contribution is 8.17. The van der Waals surface area contributed by atoms with Crippen LogP contribution in [0.5, 0.6) is 0 Å². The zero-order valence-corrected chi connectivity index (χ0v) is 15.2. The van der Waals surface area contributed by atoms with Crippen LogP contribution < -0.4 is 5.32 Å². The number of ketones is 2. The summed E-state index contributed by atoms with van der Waals surface area (Å²) in [6.07, 6.45) is 0.0114. The molecule has 1 saturated heterocycles. The van der Waals surface area contributed by atoms with Gasteiger partial charge >= 0.3 is 5.97 Å². The highest BCUT2D eigenvalue weighted by Crippen LogP contribution is 2.43. The van der Waals surface area contributed by atoms with E-state index in [0.717, 1.165) is 17.3 Å². The number of nitrogens with one attached hydrogen (secondary N) is 1. The Morgan fingerprint density at radius 2 is 2.00 bits per heavy atom. The number of esters is 1. The Balaban J connectivity index is 1.88. The minimum atomic E-state index is -1.54. The van der Waals surface area contributed by atoms with E-state index in [4.69, 9.17) is 4.74 Å². The number of hydrogen-bond acceptors (Lipinski definition) is 7. The lowest BCUT2D eigenvalue weighted by molar-refractivity contribution is -0.157. The smallest absolute Gasteiger partial charge is 0.324 e. The van der Waals surface area contributed by atoms with Crippen molar-refractivity contribution >= 4 is 46.1 Å². The van der Waals surface area contributed by atoms with Gasteiger partial charge in [0.05, 0.1) is 12.3 Å². The number of aliphatic imine (C=N–C) groups is 1. The minimum absolute atomic E-state index is 0.0343. The average Bonchev–Trinajstić information content (AvgIpc) is 2.90. The van der Waals surface area contributed by atoms with Crippen LogP contribution in [-0.4, -0.2) is 40.0 Å². The summed E-state index contributed by atoms with van der Waals surface area (Å²) >= 11 is 0.970. The predicted octanol–water partition coefficient (Wildman–Crippen LogP) is 1.70. The number of hydrogen-bond donors (Lipinski definition) is 1. The predicted molar refractivity (Wildman–Crippen MR) is 96.1 cm³/mol. The number of nitrogens with zero attached hydrogens (tertiary/aromatic N) is 1. The molecule has 0 bridgehead atoms. The molecule has 1 aromatic rings. The Kier molecular flexibility index (Phi) is 4.95. The van der Waals surface area contributed by atoms with Crippen molar-refractivity contribution < 1.29 is 23.9 Å². The van der Waals surface area contributed by atoms with Crippen LogP contribution in [0.15, 0.2) is 29.3 Å². The summed E-state index contributed by atoms with van der Waals surface area (Å²) in [7, 11) is 0. The number of carbonyl (C=O) groups excluding carboxylic acids is 4. The van der Waals surface area contributed by atoms with E-state index >= 15 is 0 Å². The molecule has 1 saturated carbocycles. The third-order valence-corrected chi connectivity index (χ3v) is 5.68. The number of rotatable bonds is 3. The number of carbonyl (C=O) groups is 4. The van der Waals surface area contributed by atoms with Crippen LogP contribution in [0, 0.1) is 12.8 Å². The van der Waals surface area contributed by atoms with Gasteiger partial charge in [0.25, 0.3) is 0 Å². The molecule has 1 aliphatic carbocycles. The van der Waals surface area contributed by atoms with Gasteiger partial charge < -0.3 is 10.1 Å². The first-order valence-corrected chi connectivity index (χ1v) is 9.08. The van der Waals surface area contributed by atoms with E-state index < -0.39 is 34.1 Å². The Labute approximate surface area is 154 Å². The van der Waals surface area contributed by atoms with Crippen molar-refractivity contribution in [3.05, 3.63) is 29.8 Å². The van der Waals surface area contributed by atoms with Crippen molar-refractivity contribution in [1.29, 1.82) is 0 Å². The fourth-order valence-electron chi connectivity index (χ4n) is 2.96. The van der Waals surface area contributed by atoms with Crippen LogP contribution in [0.25, 0.3) is 0 Å². The first kappa shape index (κ1) is 18.3. The zero-order chi connectivity index (χ0) is 18.9. The first-order valence-electron chi connectivity index (χ1n) is 8.27. The highest BCUT2D eigenvalue weighted by Gasteiger charge is 2.60. The van der Waals surface area contributed by atoms with E-state index in [2.05, 4.69) is 10.3 Å². The van der Waals surface area contributed by atoms with Crippen molar-refractivity contribution in [2.75, 3.05) is 6.61 Å². The molecule has 1 amide bonds. The van der Waals surface area contributed by atoms with Crippen molar-refractivity contribution in [3.63, 3.8) is 0 Å². The third kappa shape index (κ3) is 3.16. The molecule has 136 valence electrons. The van der Waals surface area contributed by atoms with Gasteiger partial charge in [-0.15, -0.1) is 0 Å². The molecular formula is C18H18N2O5S. The molecule has 1 aromatic carbocycles. The van der Waals surface area contributed by atoms with Crippen molar-refractivity contribution in [2.24, 2.45) is 10.9 Å². The van der Waals surface area contributed by atoms with Gasteiger partial charge in [0.2, 0.25) is 5.91 Å². The summed E-state index contributed by atoms with van der Waals surface area (Å²) in [5.74, 6) is -4.19. The molecule has 1 heterocycles. The summed E-state index contributed by atoms with van der Waals surface area (Å²) in [5.41, 5.74) is 1.71. The normalized spacial score (nSPS) is 27.1. The third-order valence-electron chi connectivity index (χ3n) is 4.35. The molecule has 26 heavy (non-hydrogen) atoms. The maximum atomic E-state index is 12.9. The second kappa shape index (κ2) is 7.03. The second-order valence-electron chi connectivity index (χ2n) is 6.15. The van der Waals surface area contributed by atoms with Crippen LogP contribution in [0.4, 0.5) is 5.69 Å². The van der Waals surface area contributed by atoms with Gasteiger partial charge in [0.15, 0.2) is 27.4 Å². The summed E-state index contributed by atoms with van der Waals surface area (Å²) in [6, 6.07) is 7.37. The molecule has 1 spiro atoms. The summed E-state index contributed by atoms with van der Waals surface area (Å²) in [5, 5.41) is 2.89. The van der Waals surface area contributed by atoms with E-state index in [9.17, 15) is 19.2 Å². The van der Waals surface area contributed by atoms with E-state index in [1.54, 1.807) is 19.1 Å². The maximum absolute atomic E-state index is 12.9. The second-order valence-corrected chi connectivity index (χ2v) is 7.44. The number of ether oxygens (including phenoxy) is 1. The average molecular weight is 374 g/mol. The fraction of sp³-hybridized carbons (Fsp3) is 0.389. The standard InChI is InChI=1S/C18H18N2O5S/c1-3-25-15(23)13-12(21)8-9-18(14(13)22)16(24)20-17(26-18)19-11-6-4-10(2)5-7-11/h4-7,13H,3,8-9H2,1-2H3,(H,19,20,24). The molecule has 7 nitrogen and oxygen atoms in total. The maximum Gasteiger partial charge on any atom is 0.324 e. The number of amidine groups is 1. The largest absolute Gasteiger partial charge is 0.465 e. The lowest BCUT2D eigenvalue weighted by atomic mass is 9.78. The minimum Gasteiger partial charge on any atom is -0.465 e. The Morgan fingerprint density at radius 3 is 2.65 bits per heavy atom. The topological polar surface area (TPSA) is 102 Å². The SMILES string of the molecule is CCOC(=O)C1C(=O)CCC2(SC(=Nc3ccc(C)cc3)NC2=O)C1=O. The summed E-state index contributed by atoms with van der Waals surface area (Å²) < 4.78 is 3.34. The first-order chi connectivity index (χ1) is 12.4. The molecule has 2 unspecified atom stereocenters. The molecule has 2 aliphatic rings. The number of aryl methyl sites for hydroxylation is 1. The van der Waals surface area contributed by atoms with E-state index in [0.29, 0.717) is 5.69 Å². The van der Waals surface area contributed by atoms with Gasteiger partial charge in [-0.3, -0.25) is 19.2 Å². The molecule has 1 N–H and O–H groups in total. The van der Waals surface area contributed by atoms with Crippen LogP contribution >= 0.6 is 11.8 Å². The molecule has 8 heteroatoms. The van der Waals surface area contributed by atoms with Gasteiger partial charge in [-0.1, -0.05) is 29.5 Å². The molecule has 3 rings (SSSR count). The van der Waals surface area contributed by atoms with Gasteiger partial charge in [-0.05, 0) is 32.4 Å². The van der Waals surface area contributed by atoms with Crippen molar-refractivity contribution in [1.82, 2.24) is 5.32 Å². The Hall–Kier alpha value is -2.48. The quantitative estimate of drug-likeness (QED) is 0.638. The van der Waals surface area contributed by atoms with Crippen LogP contribution in [0.2, 0.25) is 0 Å². The van der Waals surface area contributed by atoms with Crippen molar-refractivity contribution in [2.45, 2.75) is 31.4 Å².